The van der Waals surface area contributed by atoms with Crippen molar-refractivity contribution >= 4 is 23.3 Å². The number of nitrogens with one attached hydrogen (secondary N) is 2. The predicted molar refractivity (Wildman–Crippen MR) is 166 cm³/mol. The molecule has 2 aromatic carbocycles. The van der Waals surface area contributed by atoms with Crippen molar-refractivity contribution in [1.82, 2.24) is 15.2 Å². The Labute approximate surface area is 261 Å². The van der Waals surface area contributed by atoms with Crippen LogP contribution >= 0.6 is 0 Å². The molecular weight excluding hydrogens is 583 g/mol. The Kier molecular flexibility index (Phi) is 9.25. The van der Waals surface area contributed by atoms with E-state index in [1.807, 2.05) is 6.20 Å². The van der Waals surface area contributed by atoms with Crippen LogP contribution in [-0.2, 0) is 12.6 Å². The number of hydrogen-bond donors (Lipinski definition) is 2. The van der Waals surface area contributed by atoms with E-state index in [1.54, 1.807) is 24.3 Å². The molecule has 0 bridgehead atoms. The van der Waals surface area contributed by atoms with Crippen LogP contribution in [0.15, 0.2) is 60.8 Å². The fourth-order valence-corrected chi connectivity index (χ4v) is 6.45. The number of fused-ring (bicyclic) bond motifs is 1. The molecule has 3 aliphatic rings. The highest BCUT2D eigenvalue weighted by molar-refractivity contribution is 6.04. The zero-order valence-electron chi connectivity index (χ0n) is 25.1. The summed E-state index contributed by atoms with van der Waals surface area (Å²) in [6.45, 7) is 5.79. The van der Waals surface area contributed by atoms with E-state index in [4.69, 9.17) is 4.74 Å². The second-order valence-corrected chi connectivity index (χ2v) is 12.1. The number of carbonyl (C=O) groups excluding carboxylic acids is 2. The first kappa shape index (κ1) is 30.9. The van der Waals surface area contributed by atoms with Crippen molar-refractivity contribution in [3.8, 4) is 5.75 Å². The molecule has 0 unspecified atom stereocenters. The number of rotatable bonds is 8. The quantitative estimate of drug-likeness (QED) is 0.331. The standard InChI is InChI=1S/C34H38F3N5O3/c35-34(36,37)27-7-3-25(4-8-27)32(43)40-29-11-5-26(6-12-29)33(44)39-28-9-1-23(2-10-28)14-17-41-18-20-42(21-19-41)31-30-24(13-16-38-31)15-22-45-30/h3-8,11-13,16,23,28H,1-2,9-10,14-15,17-22H2,(H,39,44)(H,40,43). The molecule has 8 nitrogen and oxygen atoms in total. The average Bonchev–Trinajstić information content (AvgIpc) is 3.54. The van der Waals surface area contributed by atoms with Crippen LogP contribution in [0.2, 0.25) is 0 Å². The average molecular weight is 622 g/mol. The summed E-state index contributed by atoms with van der Waals surface area (Å²) in [5, 5.41) is 5.81. The molecule has 1 aromatic heterocycles. The van der Waals surface area contributed by atoms with Crippen molar-refractivity contribution in [1.29, 1.82) is 0 Å². The van der Waals surface area contributed by atoms with Gasteiger partial charge >= 0.3 is 6.18 Å². The van der Waals surface area contributed by atoms with Gasteiger partial charge in [-0.15, -0.1) is 0 Å². The lowest BCUT2D eigenvalue weighted by atomic mass is 9.84. The summed E-state index contributed by atoms with van der Waals surface area (Å²) in [6.07, 6.45) is 3.66. The molecule has 2 N–H and O–H groups in total. The second-order valence-electron chi connectivity index (χ2n) is 12.1. The SMILES string of the molecule is O=C(Nc1ccc(C(=O)NC2CCC(CCN3CCN(c4nccc5c4OCC5)CC3)CC2)cc1)c1ccc(C(F)(F)F)cc1. The van der Waals surface area contributed by atoms with Crippen molar-refractivity contribution < 1.29 is 27.5 Å². The fourth-order valence-electron chi connectivity index (χ4n) is 6.45. The van der Waals surface area contributed by atoms with E-state index in [1.165, 1.54) is 12.0 Å². The van der Waals surface area contributed by atoms with Gasteiger partial charge in [-0.25, -0.2) is 4.98 Å². The summed E-state index contributed by atoms with van der Waals surface area (Å²) in [6, 6.07) is 12.7. The number of aromatic nitrogens is 1. The van der Waals surface area contributed by atoms with E-state index in [-0.39, 0.29) is 17.5 Å². The maximum atomic E-state index is 12.9. The maximum absolute atomic E-state index is 12.9. The molecule has 0 radical (unpaired) electrons. The van der Waals surface area contributed by atoms with Gasteiger partial charge in [0.15, 0.2) is 11.6 Å². The molecule has 0 atom stereocenters. The van der Waals surface area contributed by atoms with Gasteiger partial charge in [-0.1, -0.05) is 0 Å². The van der Waals surface area contributed by atoms with Crippen LogP contribution in [0.1, 0.15) is 63.9 Å². The third kappa shape index (κ3) is 7.58. The molecule has 1 aliphatic carbocycles. The minimum Gasteiger partial charge on any atom is -0.489 e. The smallest absolute Gasteiger partial charge is 0.416 e. The van der Waals surface area contributed by atoms with Crippen LogP contribution in [0.5, 0.6) is 5.75 Å². The highest BCUT2D eigenvalue weighted by atomic mass is 19.4. The molecule has 3 heterocycles. The van der Waals surface area contributed by atoms with Crippen molar-refractivity contribution in [2.24, 2.45) is 5.92 Å². The lowest BCUT2D eigenvalue weighted by molar-refractivity contribution is -0.137. The van der Waals surface area contributed by atoms with E-state index in [9.17, 15) is 22.8 Å². The van der Waals surface area contributed by atoms with Gasteiger partial charge in [-0.2, -0.15) is 13.2 Å². The Balaban J connectivity index is 0.894. The predicted octanol–water partition coefficient (Wildman–Crippen LogP) is 5.79. The number of halogens is 3. The monoisotopic (exact) mass is 621 g/mol. The zero-order valence-corrected chi connectivity index (χ0v) is 25.1. The molecule has 0 spiro atoms. The van der Waals surface area contributed by atoms with Crippen molar-refractivity contribution in [3.63, 3.8) is 0 Å². The highest BCUT2D eigenvalue weighted by Crippen LogP contribution is 2.35. The van der Waals surface area contributed by atoms with E-state index in [0.29, 0.717) is 17.2 Å². The van der Waals surface area contributed by atoms with Gasteiger partial charge in [-0.05, 0) is 99.2 Å². The van der Waals surface area contributed by atoms with Gasteiger partial charge in [0.1, 0.15) is 0 Å². The summed E-state index contributed by atoms with van der Waals surface area (Å²) >= 11 is 0. The van der Waals surface area contributed by atoms with E-state index in [2.05, 4.69) is 31.5 Å². The molecule has 2 amide bonds. The van der Waals surface area contributed by atoms with Crippen LogP contribution < -0.4 is 20.3 Å². The van der Waals surface area contributed by atoms with E-state index < -0.39 is 17.6 Å². The molecule has 1 saturated carbocycles. The third-order valence-corrected chi connectivity index (χ3v) is 9.17. The number of hydrogen-bond acceptors (Lipinski definition) is 6. The van der Waals surface area contributed by atoms with Gasteiger partial charge in [0.2, 0.25) is 0 Å². The number of benzene rings is 2. The summed E-state index contributed by atoms with van der Waals surface area (Å²) in [4.78, 5) is 34.8. The van der Waals surface area contributed by atoms with Gasteiger partial charge in [0.05, 0.1) is 12.2 Å². The molecule has 45 heavy (non-hydrogen) atoms. The lowest BCUT2D eigenvalue weighted by Crippen LogP contribution is -2.47. The van der Waals surface area contributed by atoms with Crippen molar-refractivity contribution in [2.75, 3.05) is 49.5 Å². The van der Waals surface area contributed by atoms with Crippen molar-refractivity contribution in [3.05, 3.63) is 83.0 Å². The van der Waals surface area contributed by atoms with Crippen LogP contribution in [0, 0.1) is 5.92 Å². The Morgan fingerprint density at radius 1 is 0.867 bits per heavy atom. The Morgan fingerprint density at radius 3 is 2.22 bits per heavy atom. The molecule has 6 rings (SSSR count). The number of anilines is 2. The van der Waals surface area contributed by atoms with E-state index in [0.717, 1.165) is 107 Å². The van der Waals surface area contributed by atoms with Gasteiger partial charge in [-0.3, -0.25) is 14.5 Å². The molecule has 2 aliphatic heterocycles. The first-order valence-electron chi connectivity index (χ1n) is 15.7. The molecule has 238 valence electrons. The zero-order chi connectivity index (χ0) is 31.4. The number of nitrogens with zero attached hydrogens (tertiary/aromatic N) is 3. The molecular formula is C34H38F3N5O3. The van der Waals surface area contributed by atoms with Crippen LogP contribution in [0.4, 0.5) is 24.7 Å². The summed E-state index contributed by atoms with van der Waals surface area (Å²) in [5.74, 6) is 1.94. The minimum atomic E-state index is -4.46. The normalized spacial score (nSPS) is 20.3. The summed E-state index contributed by atoms with van der Waals surface area (Å²) in [5.41, 5.74) is 1.50. The number of ether oxygens (including phenoxy) is 1. The summed E-state index contributed by atoms with van der Waals surface area (Å²) in [7, 11) is 0. The highest BCUT2D eigenvalue weighted by Gasteiger charge is 2.30. The maximum Gasteiger partial charge on any atom is 0.416 e. The van der Waals surface area contributed by atoms with E-state index >= 15 is 0 Å². The Bertz CT molecular complexity index is 1480. The number of pyridine rings is 1. The summed E-state index contributed by atoms with van der Waals surface area (Å²) < 4.78 is 44.2. The molecule has 1 saturated heterocycles. The minimum absolute atomic E-state index is 0.113. The number of alkyl halides is 3. The lowest BCUT2D eigenvalue weighted by Gasteiger charge is -2.37. The number of carbonyl (C=O) groups is 2. The van der Waals surface area contributed by atoms with Crippen LogP contribution in [0.3, 0.4) is 0 Å². The van der Waals surface area contributed by atoms with Crippen LogP contribution in [-0.4, -0.2) is 67.1 Å². The molecule has 2 fully saturated rings. The van der Waals surface area contributed by atoms with Gasteiger partial charge < -0.3 is 20.3 Å². The third-order valence-electron chi connectivity index (χ3n) is 9.17. The first-order valence-corrected chi connectivity index (χ1v) is 15.7. The fraction of sp³-hybridized carbons (Fsp3) is 0.441. The largest absolute Gasteiger partial charge is 0.489 e. The van der Waals surface area contributed by atoms with Gasteiger partial charge in [0.25, 0.3) is 11.8 Å². The number of amides is 2. The first-order chi connectivity index (χ1) is 21.7. The number of piperazine rings is 1. The molecule has 3 aromatic rings. The Hall–Kier alpha value is -4.12. The van der Waals surface area contributed by atoms with Crippen molar-refractivity contribution in [2.45, 2.75) is 50.7 Å². The second kappa shape index (κ2) is 13.5. The topological polar surface area (TPSA) is 86.8 Å². The van der Waals surface area contributed by atoms with Gasteiger partial charge in [0, 0.05) is 67.2 Å². The Morgan fingerprint density at radius 2 is 1.53 bits per heavy atom. The molecule has 11 heteroatoms. The van der Waals surface area contributed by atoms with Crippen LogP contribution in [0.25, 0.3) is 0 Å².